The van der Waals surface area contributed by atoms with Crippen LogP contribution in [-0.2, 0) is 4.79 Å². The van der Waals surface area contributed by atoms with E-state index in [1.54, 1.807) is 6.33 Å². The molecule has 26 heavy (non-hydrogen) atoms. The minimum absolute atomic E-state index is 0.0612. The lowest BCUT2D eigenvalue weighted by Gasteiger charge is -2.10. The Labute approximate surface area is 157 Å². The maximum absolute atomic E-state index is 12.2. The molecule has 0 radical (unpaired) electrons. The molecule has 0 bridgehead atoms. The highest BCUT2D eigenvalue weighted by atomic mass is 32.2. The van der Waals surface area contributed by atoms with Crippen molar-refractivity contribution in [1.82, 2.24) is 14.8 Å². The number of nitrogens with one attached hydrogen (secondary N) is 1. The lowest BCUT2D eigenvalue weighted by Crippen LogP contribution is -2.14. The molecule has 0 saturated carbocycles. The normalized spacial score (nSPS) is 11.9. The van der Waals surface area contributed by atoms with Crippen LogP contribution in [0, 0.1) is 0 Å². The van der Waals surface area contributed by atoms with Gasteiger partial charge in [-0.25, -0.2) is 0 Å². The number of thioether (sulfide) groups is 1. The van der Waals surface area contributed by atoms with Crippen LogP contribution in [0.5, 0.6) is 0 Å². The Morgan fingerprint density at radius 1 is 1.15 bits per heavy atom. The molecule has 1 atom stereocenters. The van der Waals surface area contributed by atoms with Gasteiger partial charge in [0.1, 0.15) is 6.33 Å². The van der Waals surface area contributed by atoms with E-state index in [0.29, 0.717) is 11.1 Å². The van der Waals surface area contributed by atoms with Crippen LogP contribution >= 0.6 is 11.8 Å². The quantitative estimate of drug-likeness (QED) is 0.625. The first-order chi connectivity index (χ1) is 12.7. The number of aromatic nitrogens is 3. The summed E-state index contributed by atoms with van der Waals surface area (Å²) in [6.07, 6.45) is 2.76. The first-order valence-corrected chi connectivity index (χ1v) is 9.64. The molecule has 0 aliphatic carbocycles. The second-order valence-corrected chi connectivity index (χ2v) is 7.03. The van der Waals surface area contributed by atoms with Gasteiger partial charge in [0.05, 0.1) is 5.75 Å². The molecule has 0 aliphatic heterocycles. The van der Waals surface area contributed by atoms with Crippen LogP contribution in [0.3, 0.4) is 0 Å². The highest BCUT2D eigenvalue weighted by Gasteiger charge is 2.10. The van der Waals surface area contributed by atoms with Crippen LogP contribution in [0.2, 0.25) is 0 Å². The van der Waals surface area contributed by atoms with Gasteiger partial charge in [-0.1, -0.05) is 55.9 Å². The minimum atomic E-state index is -0.0612. The molecule has 0 spiro atoms. The van der Waals surface area contributed by atoms with Gasteiger partial charge in [0.2, 0.25) is 5.91 Å². The maximum atomic E-state index is 12.2. The molecule has 1 N–H and O–H groups in total. The van der Waals surface area contributed by atoms with Gasteiger partial charge in [-0.15, -0.1) is 10.2 Å². The van der Waals surface area contributed by atoms with Crippen molar-refractivity contribution in [1.29, 1.82) is 0 Å². The van der Waals surface area contributed by atoms with Gasteiger partial charge in [0, 0.05) is 11.4 Å². The summed E-state index contributed by atoms with van der Waals surface area (Å²) in [6, 6.07) is 17.9. The fraction of sp³-hybridized carbons (Fsp3) is 0.250. The SMILES string of the molecule is CCC(C)c1ccc(NC(=O)CSc2nncn2-c2ccccc2)cc1. The van der Waals surface area contributed by atoms with Gasteiger partial charge in [0.25, 0.3) is 0 Å². The molecule has 3 aromatic rings. The lowest BCUT2D eigenvalue weighted by atomic mass is 9.99. The molecule has 5 nitrogen and oxygen atoms in total. The number of rotatable bonds is 7. The van der Waals surface area contributed by atoms with Gasteiger partial charge in [0.15, 0.2) is 5.16 Å². The molecule has 0 fully saturated rings. The Hall–Kier alpha value is -2.60. The fourth-order valence-corrected chi connectivity index (χ4v) is 3.28. The zero-order chi connectivity index (χ0) is 18.4. The van der Waals surface area contributed by atoms with Gasteiger partial charge >= 0.3 is 0 Å². The molecule has 1 amide bonds. The number of nitrogens with zero attached hydrogens (tertiary/aromatic N) is 3. The highest BCUT2D eigenvalue weighted by Crippen LogP contribution is 2.22. The Morgan fingerprint density at radius 2 is 1.88 bits per heavy atom. The summed E-state index contributed by atoms with van der Waals surface area (Å²) in [4.78, 5) is 12.2. The van der Waals surface area contributed by atoms with Crippen molar-refractivity contribution in [3.05, 3.63) is 66.5 Å². The minimum Gasteiger partial charge on any atom is -0.325 e. The molecule has 1 aromatic heterocycles. The molecule has 1 heterocycles. The van der Waals surface area contributed by atoms with Crippen LogP contribution in [0.4, 0.5) is 5.69 Å². The van der Waals surface area contributed by atoms with Crippen LogP contribution < -0.4 is 5.32 Å². The average molecular weight is 366 g/mol. The molecule has 0 saturated heterocycles. The Morgan fingerprint density at radius 3 is 2.58 bits per heavy atom. The monoisotopic (exact) mass is 366 g/mol. The van der Waals surface area contributed by atoms with Gasteiger partial charge in [-0.2, -0.15) is 0 Å². The van der Waals surface area contributed by atoms with Gasteiger partial charge < -0.3 is 5.32 Å². The fourth-order valence-electron chi connectivity index (χ4n) is 2.55. The van der Waals surface area contributed by atoms with Crippen molar-refractivity contribution < 1.29 is 4.79 Å². The third-order valence-electron chi connectivity index (χ3n) is 4.26. The molecule has 134 valence electrons. The molecular formula is C20H22N4OS. The Kier molecular flexibility index (Phi) is 6.07. The topological polar surface area (TPSA) is 59.8 Å². The summed E-state index contributed by atoms with van der Waals surface area (Å²) in [5.74, 6) is 0.743. The summed E-state index contributed by atoms with van der Waals surface area (Å²) in [7, 11) is 0. The van der Waals surface area contributed by atoms with Crippen molar-refractivity contribution in [2.75, 3.05) is 11.1 Å². The number of amides is 1. The maximum Gasteiger partial charge on any atom is 0.234 e. The van der Waals surface area contributed by atoms with Crippen molar-refractivity contribution in [2.24, 2.45) is 0 Å². The van der Waals surface area contributed by atoms with E-state index in [4.69, 9.17) is 0 Å². The Balaban J connectivity index is 1.58. The summed E-state index contributed by atoms with van der Waals surface area (Å²) in [6.45, 7) is 4.37. The molecule has 0 aliphatic rings. The molecule has 1 unspecified atom stereocenters. The summed E-state index contributed by atoms with van der Waals surface area (Å²) < 4.78 is 1.87. The van der Waals surface area contributed by atoms with E-state index in [1.165, 1.54) is 17.3 Å². The number of hydrogen-bond donors (Lipinski definition) is 1. The zero-order valence-electron chi connectivity index (χ0n) is 14.9. The first-order valence-electron chi connectivity index (χ1n) is 8.65. The van der Waals surface area contributed by atoms with Gasteiger partial charge in [-0.3, -0.25) is 9.36 Å². The summed E-state index contributed by atoms with van der Waals surface area (Å²) in [5.41, 5.74) is 3.07. The van der Waals surface area contributed by atoms with Crippen LogP contribution in [0.15, 0.2) is 66.1 Å². The molecule has 2 aromatic carbocycles. The van der Waals surface area contributed by atoms with Gasteiger partial charge in [-0.05, 0) is 42.2 Å². The second kappa shape index (κ2) is 8.67. The van der Waals surface area contributed by atoms with Crippen molar-refractivity contribution in [2.45, 2.75) is 31.3 Å². The number of hydrogen-bond acceptors (Lipinski definition) is 4. The van der Waals surface area contributed by atoms with E-state index in [9.17, 15) is 4.79 Å². The van der Waals surface area contributed by atoms with E-state index >= 15 is 0 Å². The number of carbonyl (C=O) groups is 1. The van der Waals surface area contributed by atoms with Crippen LogP contribution in [0.25, 0.3) is 5.69 Å². The van der Waals surface area contributed by atoms with Crippen molar-refractivity contribution in [3.63, 3.8) is 0 Å². The predicted octanol–water partition coefficient (Wildman–Crippen LogP) is 4.51. The average Bonchev–Trinajstić information content (AvgIpc) is 3.16. The van der Waals surface area contributed by atoms with Crippen LogP contribution in [0.1, 0.15) is 31.7 Å². The number of benzene rings is 2. The zero-order valence-corrected chi connectivity index (χ0v) is 15.7. The first kappa shape index (κ1) is 18.2. The van der Waals surface area contributed by atoms with E-state index < -0.39 is 0 Å². The van der Waals surface area contributed by atoms with E-state index in [-0.39, 0.29) is 11.7 Å². The molecule has 6 heteroatoms. The second-order valence-electron chi connectivity index (χ2n) is 6.09. The lowest BCUT2D eigenvalue weighted by molar-refractivity contribution is -0.113. The van der Waals surface area contributed by atoms with Crippen LogP contribution in [-0.4, -0.2) is 26.4 Å². The largest absolute Gasteiger partial charge is 0.325 e. The van der Waals surface area contributed by atoms with E-state index in [1.807, 2.05) is 47.0 Å². The standard InChI is InChI=1S/C20H22N4OS/c1-3-15(2)16-9-11-17(12-10-16)22-19(25)13-26-20-23-21-14-24(20)18-7-5-4-6-8-18/h4-12,14-15H,3,13H2,1-2H3,(H,22,25). The van der Waals surface area contributed by atoms with E-state index in [2.05, 4.69) is 41.5 Å². The van der Waals surface area contributed by atoms with Crippen molar-refractivity contribution in [3.8, 4) is 5.69 Å². The molecule has 3 rings (SSSR count). The summed E-state index contributed by atoms with van der Waals surface area (Å²) in [5, 5.41) is 11.7. The van der Waals surface area contributed by atoms with Crippen molar-refractivity contribution >= 4 is 23.4 Å². The predicted molar refractivity (Wildman–Crippen MR) is 106 cm³/mol. The number of anilines is 1. The number of para-hydroxylation sites is 1. The molecular weight excluding hydrogens is 344 g/mol. The summed E-state index contributed by atoms with van der Waals surface area (Å²) >= 11 is 1.36. The number of carbonyl (C=O) groups excluding carboxylic acids is 1. The smallest absolute Gasteiger partial charge is 0.234 e. The third kappa shape index (κ3) is 4.52. The third-order valence-corrected chi connectivity index (χ3v) is 5.20. The van der Waals surface area contributed by atoms with E-state index in [0.717, 1.165) is 17.8 Å². The highest BCUT2D eigenvalue weighted by molar-refractivity contribution is 7.99. The Bertz CT molecular complexity index is 846.